The van der Waals surface area contributed by atoms with E-state index in [4.69, 9.17) is 0 Å². The molecule has 0 fully saturated rings. The van der Waals surface area contributed by atoms with Crippen molar-refractivity contribution in [3.8, 4) is 0 Å². The van der Waals surface area contributed by atoms with Crippen LogP contribution in [0.25, 0.3) is 0 Å². The normalized spacial score (nSPS) is 14.1. The first kappa shape index (κ1) is 11.2. The molecule has 1 aromatic rings. The molecule has 1 unspecified atom stereocenters. The second kappa shape index (κ2) is 4.09. The Bertz CT molecular complexity index is 290. The van der Waals surface area contributed by atoms with Gasteiger partial charge in [0.2, 0.25) is 0 Å². The third kappa shape index (κ3) is 2.32. The summed E-state index contributed by atoms with van der Waals surface area (Å²) in [6.45, 7) is 5.72. The van der Waals surface area contributed by atoms with Gasteiger partial charge < -0.3 is 5.32 Å². The Morgan fingerprint density at radius 3 is 2.14 bits per heavy atom. The lowest BCUT2D eigenvalue weighted by Crippen LogP contribution is -2.40. The molecule has 0 spiro atoms. The molecule has 1 N–H and O–H groups in total. The van der Waals surface area contributed by atoms with E-state index in [1.165, 1.54) is 0 Å². The molecule has 14 heavy (non-hydrogen) atoms. The second-order valence-electron chi connectivity index (χ2n) is 4.24. The first-order valence-corrected chi connectivity index (χ1v) is 4.87. The van der Waals surface area contributed by atoms with Crippen molar-refractivity contribution in [3.05, 3.63) is 35.4 Å². The number of alkyl halides is 1. The van der Waals surface area contributed by atoms with Gasteiger partial charge in [0, 0.05) is 5.54 Å². The SMILES string of the molecule is CNC(C)(C)C(F)c1ccc(C)cc1. The maximum absolute atomic E-state index is 14.0. The molecule has 0 saturated carbocycles. The van der Waals surface area contributed by atoms with Crippen LogP contribution >= 0.6 is 0 Å². The zero-order chi connectivity index (χ0) is 10.8. The Balaban J connectivity index is 2.89. The molecular weight excluding hydrogens is 177 g/mol. The van der Waals surface area contributed by atoms with Crippen molar-refractivity contribution in [1.82, 2.24) is 5.32 Å². The third-order valence-corrected chi connectivity index (χ3v) is 2.65. The largest absolute Gasteiger partial charge is 0.312 e. The summed E-state index contributed by atoms with van der Waals surface area (Å²) < 4.78 is 14.0. The lowest BCUT2D eigenvalue weighted by molar-refractivity contribution is 0.191. The summed E-state index contributed by atoms with van der Waals surface area (Å²) in [5, 5.41) is 2.98. The number of aryl methyl sites for hydroxylation is 1. The number of benzene rings is 1. The van der Waals surface area contributed by atoms with Gasteiger partial charge in [0.25, 0.3) is 0 Å². The molecule has 1 aromatic carbocycles. The van der Waals surface area contributed by atoms with Crippen LogP contribution in [0.15, 0.2) is 24.3 Å². The predicted octanol–water partition coefficient (Wildman–Crippen LogP) is 3.00. The number of halogens is 1. The van der Waals surface area contributed by atoms with E-state index in [1.54, 1.807) is 7.05 Å². The number of hydrogen-bond donors (Lipinski definition) is 1. The summed E-state index contributed by atoms with van der Waals surface area (Å²) in [6, 6.07) is 7.57. The molecule has 1 rings (SSSR count). The molecule has 0 aromatic heterocycles. The van der Waals surface area contributed by atoms with Gasteiger partial charge in [-0.1, -0.05) is 29.8 Å². The van der Waals surface area contributed by atoms with Crippen LogP contribution in [0.4, 0.5) is 4.39 Å². The Morgan fingerprint density at radius 1 is 1.21 bits per heavy atom. The van der Waals surface area contributed by atoms with Gasteiger partial charge in [0.05, 0.1) is 0 Å². The van der Waals surface area contributed by atoms with Crippen molar-refractivity contribution in [3.63, 3.8) is 0 Å². The number of nitrogens with one attached hydrogen (secondary N) is 1. The predicted molar refractivity (Wildman–Crippen MR) is 58.2 cm³/mol. The maximum Gasteiger partial charge on any atom is 0.143 e. The Labute approximate surface area is 85.3 Å². The van der Waals surface area contributed by atoms with Gasteiger partial charge in [0.15, 0.2) is 0 Å². The van der Waals surface area contributed by atoms with Crippen molar-refractivity contribution in [2.24, 2.45) is 0 Å². The topological polar surface area (TPSA) is 12.0 Å². The van der Waals surface area contributed by atoms with Crippen LogP contribution in [0.1, 0.15) is 31.1 Å². The molecule has 0 saturated heterocycles. The molecule has 0 radical (unpaired) electrons. The molecule has 78 valence electrons. The van der Waals surface area contributed by atoms with Crippen LogP contribution in [0, 0.1) is 6.92 Å². The highest BCUT2D eigenvalue weighted by molar-refractivity contribution is 5.25. The number of rotatable bonds is 3. The van der Waals surface area contributed by atoms with E-state index >= 15 is 0 Å². The highest BCUT2D eigenvalue weighted by atomic mass is 19.1. The van der Waals surface area contributed by atoms with Gasteiger partial charge in [-0.3, -0.25) is 0 Å². The van der Waals surface area contributed by atoms with Crippen LogP contribution in [-0.4, -0.2) is 12.6 Å². The van der Waals surface area contributed by atoms with E-state index in [0.29, 0.717) is 0 Å². The third-order valence-electron chi connectivity index (χ3n) is 2.65. The first-order chi connectivity index (χ1) is 6.47. The van der Waals surface area contributed by atoms with Gasteiger partial charge in [-0.2, -0.15) is 0 Å². The highest BCUT2D eigenvalue weighted by Crippen LogP contribution is 2.29. The summed E-state index contributed by atoms with van der Waals surface area (Å²) in [4.78, 5) is 0. The Kier molecular flexibility index (Phi) is 3.27. The van der Waals surface area contributed by atoms with Gasteiger partial charge >= 0.3 is 0 Å². The van der Waals surface area contributed by atoms with E-state index in [-0.39, 0.29) is 0 Å². The molecule has 1 nitrogen and oxygen atoms in total. The molecule has 2 heteroatoms. The second-order valence-corrected chi connectivity index (χ2v) is 4.24. The Morgan fingerprint density at radius 2 is 1.71 bits per heavy atom. The molecule has 0 aliphatic carbocycles. The van der Waals surface area contributed by atoms with Crippen LogP contribution in [0.2, 0.25) is 0 Å². The van der Waals surface area contributed by atoms with Crippen LogP contribution in [0.5, 0.6) is 0 Å². The maximum atomic E-state index is 14.0. The van der Waals surface area contributed by atoms with Crippen molar-refractivity contribution in [2.75, 3.05) is 7.05 Å². The molecule has 0 amide bonds. The number of hydrogen-bond acceptors (Lipinski definition) is 1. The monoisotopic (exact) mass is 195 g/mol. The fourth-order valence-corrected chi connectivity index (χ4v) is 1.28. The molecule has 0 bridgehead atoms. The summed E-state index contributed by atoms with van der Waals surface area (Å²) in [5.74, 6) is 0. The standard InChI is InChI=1S/C12H18FN/c1-9-5-7-10(8-6-9)11(13)12(2,3)14-4/h5-8,11,14H,1-4H3. The van der Waals surface area contributed by atoms with Gasteiger partial charge in [0.1, 0.15) is 6.17 Å². The van der Waals surface area contributed by atoms with Gasteiger partial charge in [-0.25, -0.2) is 4.39 Å². The molecule has 0 aliphatic rings. The Hall–Kier alpha value is -0.890. The molecule has 0 heterocycles. The van der Waals surface area contributed by atoms with Gasteiger partial charge in [-0.15, -0.1) is 0 Å². The zero-order valence-corrected chi connectivity index (χ0v) is 9.26. The minimum Gasteiger partial charge on any atom is -0.312 e. The summed E-state index contributed by atoms with van der Waals surface area (Å²) in [6.07, 6.45) is -0.979. The van der Waals surface area contributed by atoms with E-state index in [0.717, 1.165) is 11.1 Å². The van der Waals surface area contributed by atoms with Crippen molar-refractivity contribution in [2.45, 2.75) is 32.5 Å². The van der Waals surface area contributed by atoms with Crippen molar-refractivity contribution < 1.29 is 4.39 Å². The van der Waals surface area contributed by atoms with Crippen molar-refractivity contribution >= 4 is 0 Å². The van der Waals surface area contributed by atoms with Crippen LogP contribution < -0.4 is 5.32 Å². The summed E-state index contributed by atoms with van der Waals surface area (Å²) in [7, 11) is 1.78. The average Bonchev–Trinajstić information content (AvgIpc) is 2.18. The lowest BCUT2D eigenvalue weighted by Gasteiger charge is -2.28. The summed E-state index contributed by atoms with van der Waals surface area (Å²) >= 11 is 0. The summed E-state index contributed by atoms with van der Waals surface area (Å²) in [5.41, 5.74) is 1.37. The fraction of sp³-hybridized carbons (Fsp3) is 0.500. The van der Waals surface area contributed by atoms with Gasteiger partial charge in [-0.05, 0) is 33.4 Å². The minimum absolute atomic E-state index is 0.519. The highest BCUT2D eigenvalue weighted by Gasteiger charge is 2.28. The molecular formula is C12H18FN. The fourth-order valence-electron chi connectivity index (χ4n) is 1.28. The van der Waals surface area contributed by atoms with E-state index in [9.17, 15) is 4.39 Å². The quantitative estimate of drug-likeness (QED) is 0.781. The minimum atomic E-state index is -0.979. The number of likely N-dealkylation sites (N-methyl/N-ethyl adjacent to an activating group) is 1. The average molecular weight is 195 g/mol. The van der Waals surface area contributed by atoms with E-state index in [2.05, 4.69) is 5.32 Å². The zero-order valence-electron chi connectivity index (χ0n) is 9.26. The van der Waals surface area contributed by atoms with E-state index in [1.807, 2.05) is 45.0 Å². The first-order valence-electron chi connectivity index (χ1n) is 4.87. The van der Waals surface area contributed by atoms with Crippen molar-refractivity contribution in [1.29, 1.82) is 0 Å². The lowest BCUT2D eigenvalue weighted by atomic mass is 9.92. The smallest absolute Gasteiger partial charge is 0.143 e. The van der Waals surface area contributed by atoms with Crippen LogP contribution in [-0.2, 0) is 0 Å². The van der Waals surface area contributed by atoms with Crippen LogP contribution in [0.3, 0.4) is 0 Å². The molecule has 1 atom stereocenters. The molecule has 0 aliphatic heterocycles. The van der Waals surface area contributed by atoms with E-state index < -0.39 is 11.7 Å².